The monoisotopic (exact) mass is 562 g/mol. The number of ketones is 1. The van der Waals surface area contributed by atoms with Crippen molar-refractivity contribution in [2.75, 3.05) is 13.7 Å². The summed E-state index contributed by atoms with van der Waals surface area (Å²) >= 11 is 0. The summed E-state index contributed by atoms with van der Waals surface area (Å²) in [5.41, 5.74) is -0.957. The van der Waals surface area contributed by atoms with Crippen LogP contribution in [0.5, 0.6) is 0 Å². The fraction of sp³-hybridized carbons (Fsp3) is 0.621. The van der Waals surface area contributed by atoms with E-state index in [0.29, 0.717) is 11.4 Å². The van der Waals surface area contributed by atoms with Crippen molar-refractivity contribution >= 4 is 29.7 Å². The van der Waals surface area contributed by atoms with Crippen LogP contribution in [0, 0.1) is 11.8 Å². The number of ether oxygens (including phenoxy) is 2. The molecule has 11 nitrogen and oxygen atoms in total. The molecule has 0 aliphatic rings. The van der Waals surface area contributed by atoms with Crippen LogP contribution in [0.3, 0.4) is 0 Å². The predicted molar refractivity (Wildman–Crippen MR) is 151 cm³/mol. The zero-order valence-electron chi connectivity index (χ0n) is 24.8. The normalized spacial score (nSPS) is 14.1. The third kappa shape index (κ3) is 9.62. The smallest absolute Gasteiger partial charge is 0.407 e. The van der Waals surface area contributed by atoms with Crippen molar-refractivity contribution in [3.05, 3.63) is 35.9 Å². The van der Waals surface area contributed by atoms with Gasteiger partial charge in [0.2, 0.25) is 5.91 Å². The van der Waals surface area contributed by atoms with E-state index in [4.69, 9.17) is 10.6 Å². The van der Waals surface area contributed by atoms with Gasteiger partial charge in [-0.2, -0.15) is 0 Å². The van der Waals surface area contributed by atoms with Crippen molar-refractivity contribution in [2.45, 2.75) is 91.3 Å². The molecule has 0 heterocycles. The molecule has 11 heteroatoms. The molecule has 0 aliphatic heterocycles. The summed E-state index contributed by atoms with van der Waals surface area (Å²) in [5.74, 6) is 2.69. The van der Waals surface area contributed by atoms with Gasteiger partial charge in [-0.25, -0.2) is 10.6 Å². The molecular formula is C29H46N4O7. The Morgan fingerprint density at radius 3 is 2.10 bits per heavy atom. The van der Waals surface area contributed by atoms with Gasteiger partial charge in [-0.3, -0.25) is 24.2 Å². The van der Waals surface area contributed by atoms with E-state index in [2.05, 4.69) is 15.4 Å². The summed E-state index contributed by atoms with van der Waals surface area (Å²) in [6.07, 6.45) is 2.15. The zero-order chi connectivity index (χ0) is 30.5. The number of methoxy groups -OCH3 is 1. The SMILES string of the molecule is COC(=O)N[C@@H](C)C(=O)[C@@](C(=O)N[C@H](COC(C)=O)C(C)C)(C(C)C)N(N)C(=O)CCCCCc1ccccc1. The van der Waals surface area contributed by atoms with Crippen molar-refractivity contribution in [3.63, 3.8) is 0 Å². The van der Waals surface area contributed by atoms with Gasteiger partial charge < -0.3 is 20.1 Å². The molecule has 4 N–H and O–H groups in total. The molecule has 40 heavy (non-hydrogen) atoms. The van der Waals surface area contributed by atoms with Gasteiger partial charge in [0.1, 0.15) is 6.61 Å². The van der Waals surface area contributed by atoms with E-state index >= 15 is 0 Å². The number of amides is 3. The lowest BCUT2D eigenvalue weighted by Crippen LogP contribution is -2.74. The number of Topliss-reactive ketones (excluding diaryl/α,β-unsaturated/α-hetero) is 1. The van der Waals surface area contributed by atoms with Gasteiger partial charge in [0.15, 0.2) is 11.3 Å². The Morgan fingerprint density at radius 1 is 0.950 bits per heavy atom. The van der Waals surface area contributed by atoms with Crippen LogP contribution in [0.25, 0.3) is 0 Å². The van der Waals surface area contributed by atoms with Gasteiger partial charge in [-0.15, -0.1) is 0 Å². The molecule has 0 unspecified atom stereocenters. The average molecular weight is 563 g/mol. The van der Waals surface area contributed by atoms with Gasteiger partial charge in [0.05, 0.1) is 19.2 Å². The molecule has 0 aliphatic carbocycles. The first kappa shape index (κ1) is 34.6. The van der Waals surface area contributed by atoms with Crippen molar-refractivity contribution < 1.29 is 33.4 Å². The summed E-state index contributed by atoms with van der Waals surface area (Å²) in [4.78, 5) is 64.5. The molecule has 0 spiro atoms. The van der Waals surface area contributed by atoms with E-state index in [1.807, 2.05) is 44.2 Å². The number of alkyl carbamates (subject to hydrolysis) is 1. The number of rotatable bonds is 16. The summed E-state index contributed by atoms with van der Waals surface area (Å²) in [6.45, 7) is 9.35. The molecule has 0 aromatic heterocycles. The van der Waals surface area contributed by atoms with Crippen LogP contribution in [0.2, 0.25) is 0 Å². The number of hydrogen-bond acceptors (Lipinski definition) is 8. The van der Waals surface area contributed by atoms with Crippen LogP contribution in [-0.2, 0) is 35.1 Å². The molecule has 3 atom stereocenters. The minimum absolute atomic E-state index is 0.0280. The van der Waals surface area contributed by atoms with Crippen LogP contribution in [0.4, 0.5) is 4.79 Å². The fourth-order valence-corrected chi connectivity index (χ4v) is 4.43. The van der Waals surface area contributed by atoms with Gasteiger partial charge in [-0.05, 0) is 43.6 Å². The Balaban J connectivity index is 3.22. The van der Waals surface area contributed by atoms with E-state index in [9.17, 15) is 24.0 Å². The van der Waals surface area contributed by atoms with Crippen LogP contribution >= 0.6 is 0 Å². The highest BCUT2D eigenvalue weighted by molar-refractivity contribution is 6.15. The van der Waals surface area contributed by atoms with Crippen molar-refractivity contribution in [1.29, 1.82) is 0 Å². The molecule has 1 aromatic carbocycles. The molecule has 1 aromatic rings. The maximum Gasteiger partial charge on any atom is 0.407 e. The second-order valence-corrected chi connectivity index (χ2v) is 10.6. The molecule has 0 saturated carbocycles. The molecular weight excluding hydrogens is 516 g/mol. The largest absolute Gasteiger partial charge is 0.464 e. The number of carbonyl (C=O) groups excluding carboxylic acids is 5. The van der Waals surface area contributed by atoms with Gasteiger partial charge in [0.25, 0.3) is 5.91 Å². The molecule has 3 amide bonds. The maximum atomic E-state index is 14.0. The summed E-state index contributed by atoms with van der Waals surface area (Å²) in [6, 6.07) is 8.13. The lowest BCUT2D eigenvalue weighted by molar-refractivity contribution is -0.161. The number of nitrogens with one attached hydrogen (secondary N) is 2. The van der Waals surface area contributed by atoms with Gasteiger partial charge in [-0.1, -0.05) is 64.4 Å². The first-order valence-corrected chi connectivity index (χ1v) is 13.7. The highest BCUT2D eigenvalue weighted by atomic mass is 16.5. The van der Waals surface area contributed by atoms with Crippen LogP contribution in [-0.4, -0.2) is 66.0 Å². The predicted octanol–water partition coefficient (Wildman–Crippen LogP) is 2.90. The summed E-state index contributed by atoms with van der Waals surface area (Å²) < 4.78 is 9.71. The molecule has 1 rings (SSSR count). The number of unbranched alkanes of at least 4 members (excludes halogenated alkanes) is 2. The second-order valence-electron chi connectivity index (χ2n) is 10.6. The molecule has 0 saturated heterocycles. The van der Waals surface area contributed by atoms with E-state index in [1.165, 1.54) is 19.4 Å². The quantitative estimate of drug-likeness (QED) is 0.0693. The standard InChI is InChI=1S/C29H46N4O7/c1-19(2)24(18-40-22(6)34)32-27(37)29(20(3)4,26(36)21(5)31-28(38)39-7)33(30)25(35)17-13-9-12-16-23-14-10-8-11-15-23/h8,10-11,14-15,19-21,24H,9,12-13,16-18,30H2,1-7H3,(H,31,38)(H,32,37)/t21-,24+,29+/m0/s1. The molecule has 0 bridgehead atoms. The lowest BCUT2D eigenvalue weighted by atomic mass is 9.77. The molecule has 0 radical (unpaired) electrons. The average Bonchev–Trinajstić information content (AvgIpc) is 2.90. The number of esters is 1. The number of carbonyl (C=O) groups is 5. The first-order chi connectivity index (χ1) is 18.8. The summed E-state index contributed by atoms with van der Waals surface area (Å²) in [7, 11) is 1.15. The van der Waals surface area contributed by atoms with E-state index < -0.39 is 53.2 Å². The number of nitrogens with two attached hydrogens (primary N) is 1. The Labute approximate surface area is 237 Å². The second kappa shape index (κ2) is 16.6. The first-order valence-electron chi connectivity index (χ1n) is 13.7. The van der Waals surface area contributed by atoms with Gasteiger partial charge >= 0.3 is 12.1 Å². The van der Waals surface area contributed by atoms with Crippen molar-refractivity contribution in [2.24, 2.45) is 17.7 Å². The number of hydrazine groups is 1. The number of benzene rings is 1. The lowest BCUT2D eigenvalue weighted by Gasteiger charge is -2.43. The number of hydrogen-bond donors (Lipinski definition) is 3. The topological polar surface area (TPSA) is 157 Å². The Kier molecular flexibility index (Phi) is 14.3. The molecule has 224 valence electrons. The Morgan fingerprint density at radius 2 is 1.57 bits per heavy atom. The number of aryl methyl sites for hydroxylation is 1. The number of nitrogens with zero attached hydrogens (tertiary/aromatic N) is 1. The molecule has 0 fully saturated rings. The van der Waals surface area contributed by atoms with Crippen LogP contribution in [0.15, 0.2) is 30.3 Å². The Hall–Kier alpha value is -3.47. The van der Waals surface area contributed by atoms with Crippen LogP contribution < -0.4 is 16.5 Å². The zero-order valence-corrected chi connectivity index (χ0v) is 24.8. The van der Waals surface area contributed by atoms with Crippen molar-refractivity contribution in [1.82, 2.24) is 15.6 Å². The van der Waals surface area contributed by atoms with Crippen molar-refractivity contribution in [3.8, 4) is 0 Å². The van der Waals surface area contributed by atoms with Gasteiger partial charge in [0, 0.05) is 13.3 Å². The maximum absolute atomic E-state index is 14.0. The van der Waals surface area contributed by atoms with Crippen LogP contribution in [0.1, 0.15) is 72.8 Å². The third-order valence-corrected chi connectivity index (χ3v) is 6.91. The minimum atomic E-state index is -2.16. The van der Waals surface area contributed by atoms with E-state index in [-0.39, 0.29) is 18.9 Å². The van der Waals surface area contributed by atoms with E-state index in [0.717, 1.165) is 26.4 Å². The summed E-state index contributed by atoms with van der Waals surface area (Å²) in [5, 5.41) is 5.86. The third-order valence-electron chi connectivity index (χ3n) is 6.91. The highest BCUT2D eigenvalue weighted by Crippen LogP contribution is 2.28. The highest BCUT2D eigenvalue weighted by Gasteiger charge is 2.56. The fourth-order valence-electron chi connectivity index (χ4n) is 4.43. The van der Waals surface area contributed by atoms with E-state index in [1.54, 1.807) is 13.8 Å². The Bertz CT molecular complexity index is 999. The minimum Gasteiger partial charge on any atom is -0.464 e.